The molecule has 6 nitrogen and oxygen atoms in total. The third-order valence-electron chi connectivity index (χ3n) is 11.3. The van der Waals surface area contributed by atoms with E-state index in [1.807, 2.05) is 0 Å². The van der Waals surface area contributed by atoms with E-state index in [0.29, 0.717) is 50.3 Å². The number of aliphatic hydroxyl groups is 1. The molecule has 0 radical (unpaired) electrons. The zero-order chi connectivity index (χ0) is 24.3. The van der Waals surface area contributed by atoms with Gasteiger partial charge in [-0.15, -0.1) is 0 Å². The van der Waals surface area contributed by atoms with E-state index in [0.717, 1.165) is 43.4 Å². The molecule has 0 amide bonds. The van der Waals surface area contributed by atoms with Gasteiger partial charge in [0.1, 0.15) is 5.78 Å². The summed E-state index contributed by atoms with van der Waals surface area (Å²) in [5.74, 6) is 4.30. The number of hydrogen-bond donors (Lipinski definition) is 1. The van der Waals surface area contributed by atoms with Gasteiger partial charge in [0.25, 0.3) is 0 Å². The lowest BCUT2D eigenvalue weighted by Crippen LogP contribution is -2.53. The average Bonchev–Trinajstić information content (AvgIpc) is 3.16. The van der Waals surface area contributed by atoms with Gasteiger partial charge in [0.15, 0.2) is 0 Å². The van der Waals surface area contributed by atoms with Crippen molar-refractivity contribution in [1.29, 1.82) is 0 Å². The van der Waals surface area contributed by atoms with E-state index in [4.69, 9.17) is 0 Å². The fraction of sp³-hybridized carbons (Fsp3) is 0.963. The number of piperazine rings is 1. The monoisotopic (exact) mass is 494 g/mol. The molecule has 1 aliphatic heterocycles. The van der Waals surface area contributed by atoms with Gasteiger partial charge in [-0.3, -0.25) is 9.69 Å². The van der Waals surface area contributed by atoms with Crippen LogP contribution in [0.25, 0.3) is 0 Å². The summed E-state index contributed by atoms with van der Waals surface area (Å²) in [4.78, 5) is 15.7. The van der Waals surface area contributed by atoms with E-state index in [9.17, 15) is 18.3 Å². The number of carbonyl (C=O) groups excluding carboxylic acids is 1. The Balaban J connectivity index is 1.21. The molecule has 0 aromatic rings. The highest BCUT2D eigenvalue weighted by atomic mass is 32.2. The van der Waals surface area contributed by atoms with Crippen molar-refractivity contribution in [3.8, 4) is 0 Å². The zero-order valence-electron chi connectivity index (χ0n) is 21.5. The normalized spacial score (nSPS) is 45.9. The van der Waals surface area contributed by atoms with Gasteiger partial charge in [0, 0.05) is 32.1 Å². The molecule has 1 saturated heterocycles. The minimum Gasteiger partial charge on any atom is -0.390 e. The first kappa shape index (κ1) is 25.2. The summed E-state index contributed by atoms with van der Waals surface area (Å²) in [7, 11) is -3.14. The predicted molar refractivity (Wildman–Crippen MR) is 134 cm³/mol. The van der Waals surface area contributed by atoms with Crippen LogP contribution in [0.3, 0.4) is 0 Å². The van der Waals surface area contributed by atoms with Crippen LogP contribution in [0.1, 0.15) is 78.1 Å². The van der Waals surface area contributed by atoms with Crippen molar-refractivity contribution >= 4 is 15.8 Å². The summed E-state index contributed by atoms with van der Waals surface area (Å²) in [6.07, 6.45) is 12.6. The molecule has 34 heavy (non-hydrogen) atoms. The summed E-state index contributed by atoms with van der Waals surface area (Å²) >= 11 is 0. The summed E-state index contributed by atoms with van der Waals surface area (Å²) in [5, 5.41) is 10.9. The lowest BCUT2D eigenvalue weighted by molar-refractivity contribution is -0.134. The van der Waals surface area contributed by atoms with E-state index >= 15 is 0 Å². The Kier molecular flexibility index (Phi) is 6.74. The molecular formula is C27H46N2O4S. The van der Waals surface area contributed by atoms with Crippen LogP contribution in [-0.4, -0.2) is 73.1 Å². The molecule has 5 aliphatic rings. The quantitative estimate of drug-likeness (QED) is 0.633. The van der Waals surface area contributed by atoms with Gasteiger partial charge in [-0.2, -0.15) is 4.31 Å². The van der Waals surface area contributed by atoms with Crippen LogP contribution in [0.2, 0.25) is 0 Å². The molecule has 1 heterocycles. The molecule has 4 saturated carbocycles. The minimum atomic E-state index is -3.14. The van der Waals surface area contributed by atoms with Crippen LogP contribution >= 0.6 is 0 Å². The number of carbonyl (C=O) groups is 1. The van der Waals surface area contributed by atoms with Gasteiger partial charge in [0.05, 0.1) is 18.4 Å². The Morgan fingerprint density at radius 3 is 2.32 bits per heavy atom. The Morgan fingerprint density at radius 1 is 0.941 bits per heavy atom. The number of hydrogen-bond acceptors (Lipinski definition) is 5. The molecule has 0 aromatic heterocycles. The third kappa shape index (κ3) is 4.41. The van der Waals surface area contributed by atoms with E-state index in [1.54, 1.807) is 0 Å². The first-order valence-electron chi connectivity index (χ1n) is 14.0. The molecule has 194 valence electrons. The lowest BCUT2D eigenvalue weighted by atomic mass is 9.48. The van der Waals surface area contributed by atoms with Crippen LogP contribution in [-0.2, 0) is 14.8 Å². The molecule has 5 fully saturated rings. The Bertz CT molecular complexity index is 885. The zero-order valence-corrected chi connectivity index (χ0v) is 22.4. The van der Waals surface area contributed by atoms with Crippen molar-refractivity contribution < 1.29 is 18.3 Å². The molecule has 0 spiro atoms. The molecule has 1 N–H and O–H groups in total. The number of rotatable bonds is 5. The highest BCUT2D eigenvalue weighted by Gasteiger charge is 2.58. The third-order valence-corrected chi connectivity index (χ3v) is 12.6. The minimum absolute atomic E-state index is 0.137. The highest BCUT2D eigenvalue weighted by molar-refractivity contribution is 7.88. The number of sulfonamides is 1. The first-order chi connectivity index (χ1) is 16.0. The predicted octanol–water partition coefficient (Wildman–Crippen LogP) is 3.54. The van der Waals surface area contributed by atoms with Gasteiger partial charge in [-0.1, -0.05) is 13.8 Å². The number of nitrogens with zero attached hydrogens (tertiary/aromatic N) is 2. The molecule has 8 unspecified atom stereocenters. The molecule has 0 aromatic carbocycles. The average molecular weight is 495 g/mol. The van der Waals surface area contributed by atoms with Crippen molar-refractivity contribution in [3.05, 3.63) is 0 Å². The number of ketones is 1. The molecule has 4 aliphatic carbocycles. The van der Waals surface area contributed by atoms with E-state index < -0.39 is 15.6 Å². The molecule has 8 atom stereocenters. The summed E-state index contributed by atoms with van der Waals surface area (Å²) < 4.78 is 25.1. The second kappa shape index (κ2) is 9.11. The number of Topliss-reactive ketones (excluding diaryl/α,β-unsaturated/α-hetero) is 1. The van der Waals surface area contributed by atoms with Crippen molar-refractivity contribution in [2.24, 2.45) is 40.9 Å². The summed E-state index contributed by atoms with van der Waals surface area (Å²) in [5.41, 5.74) is -0.284. The van der Waals surface area contributed by atoms with Crippen LogP contribution in [0.15, 0.2) is 0 Å². The van der Waals surface area contributed by atoms with Crippen LogP contribution < -0.4 is 0 Å². The van der Waals surface area contributed by atoms with Crippen molar-refractivity contribution in [1.82, 2.24) is 9.21 Å². The summed E-state index contributed by atoms with van der Waals surface area (Å²) in [6.45, 7) is 7.35. The fourth-order valence-corrected chi connectivity index (χ4v) is 10.2. The van der Waals surface area contributed by atoms with Gasteiger partial charge in [-0.25, -0.2) is 8.42 Å². The van der Waals surface area contributed by atoms with Crippen molar-refractivity contribution in [2.75, 3.05) is 39.0 Å². The van der Waals surface area contributed by atoms with E-state index in [-0.39, 0.29) is 11.3 Å². The molecular weight excluding hydrogens is 448 g/mol. The maximum Gasteiger partial charge on any atom is 0.211 e. The highest BCUT2D eigenvalue weighted by Crippen LogP contribution is 2.64. The Hall–Kier alpha value is -0.500. The van der Waals surface area contributed by atoms with E-state index in [2.05, 4.69) is 18.7 Å². The lowest BCUT2D eigenvalue weighted by Gasteiger charge is -2.57. The fourth-order valence-electron chi connectivity index (χ4n) is 9.36. The first-order valence-corrected chi connectivity index (χ1v) is 15.8. The Labute approximate surface area is 206 Å². The van der Waals surface area contributed by atoms with Crippen molar-refractivity contribution in [3.63, 3.8) is 0 Å². The van der Waals surface area contributed by atoms with Gasteiger partial charge >= 0.3 is 0 Å². The number of fused-ring (bicyclic) bond motifs is 5. The van der Waals surface area contributed by atoms with Gasteiger partial charge in [0.2, 0.25) is 10.0 Å². The second-order valence-electron chi connectivity index (χ2n) is 12.8. The van der Waals surface area contributed by atoms with Gasteiger partial charge in [-0.05, 0) is 99.2 Å². The molecule has 0 bridgehead atoms. The maximum atomic E-state index is 13.5. The largest absolute Gasteiger partial charge is 0.390 e. The van der Waals surface area contributed by atoms with Crippen molar-refractivity contribution in [2.45, 2.75) is 83.7 Å². The topological polar surface area (TPSA) is 77.9 Å². The second-order valence-corrected chi connectivity index (χ2v) is 14.8. The van der Waals surface area contributed by atoms with Crippen LogP contribution in [0, 0.1) is 40.9 Å². The standard InChI is InChI=1S/C27H46N2O4S/c1-4-27(31)12-10-20-19(17-27)5-6-22-21(20)9-11-26(2)23(22)7-8-24(26)25(30)18-28-13-15-29(16-14-28)34(3,32)33/h19-24,31H,4-18H2,1-3H3. The summed E-state index contributed by atoms with van der Waals surface area (Å²) in [6, 6.07) is 0. The van der Waals surface area contributed by atoms with Crippen LogP contribution in [0.5, 0.6) is 0 Å². The maximum absolute atomic E-state index is 13.5. The van der Waals surface area contributed by atoms with Gasteiger partial charge < -0.3 is 5.11 Å². The van der Waals surface area contributed by atoms with Crippen LogP contribution in [0.4, 0.5) is 0 Å². The Morgan fingerprint density at radius 2 is 1.65 bits per heavy atom. The molecule has 5 rings (SSSR count). The smallest absolute Gasteiger partial charge is 0.211 e. The molecule has 7 heteroatoms. The van der Waals surface area contributed by atoms with E-state index in [1.165, 1.54) is 49.1 Å². The SMILES string of the molecule is CCC1(O)CCC2C(CCC3C2CCC2(C)C(C(=O)CN4CCN(S(C)(=O)=O)CC4)CCC32)C1.